The highest BCUT2D eigenvalue weighted by Gasteiger charge is 2.10. The van der Waals surface area contributed by atoms with E-state index >= 15 is 0 Å². The van der Waals surface area contributed by atoms with Crippen molar-refractivity contribution in [3.63, 3.8) is 0 Å². The molecule has 0 amide bonds. The van der Waals surface area contributed by atoms with Crippen molar-refractivity contribution >= 4 is 23.6 Å². The van der Waals surface area contributed by atoms with E-state index < -0.39 is 5.69 Å². The number of ether oxygens (including phenoxy) is 2. The first-order chi connectivity index (χ1) is 13.6. The molecule has 9 heteroatoms. The molecular formula is C19H18ClN5O3. The SMILES string of the molecule is COc1cccc(/C=N/Nc2nc(=O)[nH]nc2C)c1OCc1cccc(Cl)c1. The number of nitrogens with zero attached hydrogens (tertiary/aromatic N) is 3. The lowest BCUT2D eigenvalue weighted by molar-refractivity contribution is 0.284. The largest absolute Gasteiger partial charge is 0.493 e. The maximum atomic E-state index is 11.3. The number of hydrogen-bond acceptors (Lipinski definition) is 7. The summed E-state index contributed by atoms with van der Waals surface area (Å²) in [5.41, 5.74) is 4.27. The van der Waals surface area contributed by atoms with E-state index in [0.717, 1.165) is 5.56 Å². The number of hydrogen-bond donors (Lipinski definition) is 2. The third-order valence-electron chi connectivity index (χ3n) is 3.75. The summed E-state index contributed by atoms with van der Waals surface area (Å²) in [5, 5.41) is 10.9. The first kappa shape index (κ1) is 19.4. The van der Waals surface area contributed by atoms with Crippen LogP contribution >= 0.6 is 11.6 Å². The highest BCUT2D eigenvalue weighted by atomic mass is 35.5. The lowest BCUT2D eigenvalue weighted by Gasteiger charge is -2.13. The molecule has 0 aliphatic heterocycles. The van der Waals surface area contributed by atoms with Gasteiger partial charge in [-0.25, -0.2) is 9.89 Å². The summed E-state index contributed by atoms with van der Waals surface area (Å²) in [4.78, 5) is 15.1. The Morgan fingerprint density at radius 1 is 1.29 bits per heavy atom. The predicted octanol–water partition coefficient (Wildman–Crippen LogP) is 3.16. The molecule has 2 aromatic carbocycles. The first-order valence-corrected chi connectivity index (χ1v) is 8.71. The van der Waals surface area contributed by atoms with E-state index in [-0.39, 0.29) is 5.82 Å². The van der Waals surface area contributed by atoms with Crippen molar-refractivity contribution in [1.82, 2.24) is 15.2 Å². The van der Waals surface area contributed by atoms with Crippen LogP contribution < -0.4 is 20.6 Å². The van der Waals surface area contributed by atoms with Crippen LogP contribution in [0.1, 0.15) is 16.8 Å². The summed E-state index contributed by atoms with van der Waals surface area (Å²) in [5.74, 6) is 1.37. The fourth-order valence-corrected chi connectivity index (χ4v) is 2.61. The third-order valence-corrected chi connectivity index (χ3v) is 3.99. The molecule has 0 saturated carbocycles. The van der Waals surface area contributed by atoms with E-state index in [1.807, 2.05) is 30.3 Å². The van der Waals surface area contributed by atoms with Crippen LogP contribution in [0.25, 0.3) is 0 Å². The summed E-state index contributed by atoms with van der Waals surface area (Å²) in [6, 6.07) is 12.9. The van der Waals surface area contributed by atoms with Gasteiger partial charge in [-0.2, -0.15) is 15.2 Å². The van der Waals surface area contributed by atoms with Crippen LogP contribution in [0.5, 0.6) is 11.5 Å². The Labute approximate surface area is 166 Å². The molecule has 0 saturated heterocycles. The summed E-state index contributed by atoms with van der Waals surface area (Å²) in [6.45, 7) is 2.01. The molecule has 0 aliphatic rings. The van der Waals surface area contributed by atoms with Crippen molar-refractivity contribution in [3.05, 3.63) is 74.8 Å². The number of benzene rings is 2. The number of para-hydroxylation sites is 1. The number of aromatic amines is 1. The van der Waals surface area contributed by atoms with E-state index in [0.29, 0.717) is 34.4 Å². The topological polar surface area (TPSA) is 101 Å². The van der Waals surface area contributed by atoms with Gasteiger partial charge < -0.3 is 9.47 Å². The van der Waals surface area contributed by atoms with Crippen molar-refractivity contribution in [2.45, 2.75) is 13.5 Å². The van der Waals surface area contributed by atoms with E-state index in [1.54, 1.807) is 32.4 Å². The molecule has 0 aliphatic carbocycles. The van der Waals surface area contributed by atoms with Gasteiger partial charge >= 0.3 is 5.69 Å². The second-order valence-corrected chi connectivity index (χ2v) is 6.18. The molecule has 144 valence electrons. The zero-order valence-corrected chi connectivity index (χ0v) is 16.0. The van der Waals surface area contributed by atoms with Crippen molar-refractivity contribution in [2.75, 3.05) is 12.5 Å². The van der Waals surface area contributed by atoms with Gasteiger partial charge in [-0.1, -0.05) is 29.8 Å². The number of anilines is 1. The highest BCUT2D eigenvalue weighted by Crippen LogP contribution is 2.31. The molecule has 1 heterocycles. The van der Waals surface area contributed by atoms with Gasteiger partial charge in [0.2, 0.25) is 0 Å². The molecule has 0 unspecified atom stereocenters. The van der Waals surface area contributed by atoms with Crippen LogP contribution in [0.15, 0.2) is 52.4 Å². The summed E-state index contributed by atoms with van der Waals surface area (Å²) in [6.07, 6.45) is 1.55. The molecule has 0 fully saturated rings. The first-order valence-electron chi connectivity index (χ1n) is 8.33. The molecule has 3 rings (SSSR count). The predicted molar refractivity (Wildman–Crippen MR) is 107 cm³/mol. The minimum Gasteiger partial charge on any atom is -0.493 e. The molecule has 0 radical (unpaired) electrons. The number of halogens is 1. The Kier molecular flexibility index (Phi) is 6.23. The van der Waals surface area contributed by atoms with Gasteiger partial charge in [0, 0.05) is 10.6 Å². The van der Waals surface area contributed by atoms with Crippen LogP contribution in [-0.2, 0) is 6.61 Å². The third kappa shape index (κ3) is 4.86. The van der Waals surface area contributed by atoms with Crippen molar-refractivity contribution < 1.29 is 9.47 Å². The van der Waals surface area contributed by atoms with Gasteiger partial charge in [0.15, 0.2) is 17.3 Å². The van der Waals surface area contributed by atoms with Gasteiger partial charge in [0.05, 0.1) is 13.3 Å². The Balaban J connectivity index is 1.80. The van der Waals surface area contributed by atoms with Crippen molar-refractivity contribution in [3.8, 4) is 11.5 Å². The fraction of sp³-hybridized carbons (Fsp3) is 0.158. The second kappa shape index (κ2) is 9.01. The molecule has 0 bridgehead atoms. The smallest absolute Gasteiger partial charge is 0.363 e. The van der Waals surface area contributed by atoms with Crippen LogP contribution in [0.2, 0.25) is 5.02 Å². The summed E-state index contributed by atoms with van der Waals surface area (Å²) >= 11 is 6.02. The Morgan fingerprint density at radius 3 is 2.89 bits per heavy atom. The van der Waals surface area contributed by atoms with Crippen LogP contribution in [0.3, 0.4) is 0 Å². The molecule has 0 atom stereocenters. The van der Waals surface area contributed by atoms with Crippen molar-refractivity contribution in [1.29, 1.82) is 0 Å². The number of H-pyrrole nitrogens is 1. The molecule has 1 aromatic heterocycles. The van der Waals surface area contributed by atoms with E-state index in [2.05, 4.69) is 25.7 Å². The van der Waals surface area contributed by atoms with E-state index in [4.69, 9.17) is 21.1 Å². The lowest BCUT2D eigenvalue weighted by Crippen LogP contribution is -2.15. The minimum absolute atomic E-state index is 0.268. The molecule has 3 aromatic rings. The number of rotatable bonds is 7. The van der Waals surface area contributed by atoms with Gasteiger partial charge in [0.1, 0.15) is 12.3 Å². The van der Waals surface area contributed by atoms with Crippen LogP contribution in [0.4, 0.5) is 5.82 Å². The molecule has 0 spiro atoms. The molecule has 28 heavy (non-hydrogen) atoms. The number of aromatic nitrogens is 3. The molecular weight excluding hydrogens is 382 g/mol. The maximum absolute atomic E-state index is 11.3. The number of hydrazone groups is 1. The second-order valence-electron chi connectivity index (χ2n) is 5.74. The van der Waals surface area contributed by atoms with Gasteiger partial charge in [0.25, 0.3) is 0 Å². The standard InChI is InChI=1S/C19H18ClN5O3/c1-12-18(22-19(26)25-23-12)24-21-10-14-6-4-8-16(27-2)17(14)28-11-13-5-3-7-15(20)9-13/h3-10H,11H2,1-2H3,(H2,22,24,25,26)/b21-10+. The Hall–Kier alpha value is -3.39. The fourth-order valence-electron chi connectivity index (χ4n) is 2.39. The van der Waals surface area contributed by atoms with Gasteiger partial charge in [-0.15, -0.1) is 0 Å². The summed E-state index contributed by atoms with van der Waals surface area (Å²) in [7, 11) is 1.57. The van der Waals surface area contributed by atoms with E-state index in [1.165, 1.54) is 0 Å². The molecule has 8 nitrogen and oxygen atoms in total. The number of nitrogens with one attached hydrogen (secondary N) is 2. The summed E-state index contributed by atoms with van der Waals surface area (Å²) < 4.78 is 11.4. The Morgan fingerprint density at radius 2 is 2.11 bits per heavy atom. The zero-order valence-electron chi connectivity index (χ0n) is 15.3. The quantitative estimate of drug-likeness (QED) is 0.467. The molecule has 2 N–H and O–H groups in total. The van der Waals surface area contributed by atoms with E-state index in [9.17, 15) is 4.79 Å². The lowest BCUT2D eigenvalue weighted by atomic mass is 10.2. The monoisotopic (exact) mass is 399 g/mol. The Bertz CT molecular complexity index is 1050. The van der Waals surface area contributed by atoms with Gasteiger partial charge in [-0.3, -0.25) is 5.43 Å². The average Bonchev–Trinajstić information content (AvgIpc) is 2.69. The normalized spacial score (nSPS) is 10.8. The van der Waals surface area contributed by atoms with Gasteiger partial charge in [-0.05, 0) is 36.8 Å². The van der Waals surface area contributed by atoms with Crippen LogP contribution in [0, 0.1) is 6.92 Å². The zero-order chi connectivity index (χ0) is 19.9. The average molecular weight is 400 g/mol. The highest BCUT2D eigenvalue weighted by molar-refractivity contribution is 6.30. The maximum Gasteiger partial charge on any atom is 0.363 e. The number of methoxy groups -OCH3 is 1. The van der Waals surface area contributed by atoms with Crippen molar-refractivity contribution in [2.24, 2.45) is 5.10 Å². The van der Waals surface area contributed by atoms with Crippen LogP contribution in [-0.4, -0.2) is 28.5 Å². The minimum atomic E-state index is -0.560. The number of aryl methyl sites for hydroxylation is 1.